The lowest BCUT2D eigenvalue weighted by Crippen LogP contribution is -2.46. The van der Waals surface area contributed by atoms with Crippen molar-refractivity contribution in [3.8, 4) is 5.69 Å². The summed E-state index contributed by atoms with van der Waals surface area (Å²) in [7, 11) is 0. The second-order valence-electron chi connectivity index (χ2n) is 7.29. The average Bonchev–Trinajstić information content (AvgIpc) is 3.25. The van der Waals surface area contributed by atoms with Crippen LogP contribution in [-0.4, -0.2) is 52.2 Å². The summed E-state index contributed by atoms with van der Waals surface area (Å²) in [4.78, 5) is 27.3. The summed E-state index contributed by atoms with van der Waals surface area (Å²) in [5.41, 5.74) is 6.81. The molecule has 1 aliphatic rings. The SMILES string of the molecule is Cc1nn(-c2ccc(F)cc2)c2sc(C(=O)NC3CCN(CC(N)=O)CC3)cc12. The second-order valence-corrected chi connectivity index (χ2v) is 8.32. The number of nitrogens with one attached hydrogen (secondary N) is 1. The monoisotopic (exact) mass is 415 g/mol. The van der Waals surface area contributed by atoms with Gasteiger partial charge in [0.2, 0.25) is 5.91 Å². The molecule has 9 heteroatoms. The van der Waals surface area contributed by atoms with E-state index in [4.69, 9.17) is 5.73 Å². The highest BCUT2D eigenvalue weighted by molar-refractivity contribution is 7.20. The van der Waals surface area contributed by atoms with Gasteiger partial charge >= 0.3 is 0 Å². The van der Waals surface area contributed by atoms with Crippen molar-refractivity contribution in [3.05, 3.63) is 46.7 Å². The van der Waals surface area contributed by atoms with Crippen LogP contribution in [0.5, 0.6) is 0 Å². The van der Waals surface area contributed by atoms with Crippen LogP contribution >= 0.6 is 11.3 Å². The molecule has 3 N–H and O–H groups in total. The summed E-state index contributed by atoms with van der Waals surface area (Å²) < 4.78 is 15.0. The number of benzene rings is 1. The van der Waals surface area contributed by atoms with Gasteiger partial charge in [-0.1, -0.05) is 0 Å². The molecule has 1 fully saturated rings. The van der Waals surface area contributed by atoms with Gasteiger partial charge in [-0.2, -0.15) is 5.10 Å². The van der Waals surface area contributed by atoms with Crippen molar-refractivity contribution in [2.75, 3.05) is 19.6 Å². The Morgan fingerprint density at radius 2 is 1.97 bits per heavy atom. The van der Waals surface area contributed by atoms with Crippen molar-refractivity contribution < 1.29 is 14.0 Å². The number of fused-ring (bicyclic) bond motifs is 1. The van der Waals surface area contributed by atoms with Gasteiger partial charge in [-0.3, -0.25) is 14.5 Å². The van der Waals surface area contributed by atoms with Crippen LogP contribution in [-0.2, 0) is 4.79 Å². The van der Waals surface area contributed by atoms with Gasteiger partial charge in [0.25, 0.3) is 5.91 Å². The minimum atomic E-state index is -0.330. The fourth-order valence-corrected chi connectivity index (χ4v) is 4.71. The van der Waals surface area contributed by atoms with E-state index in [0.29, 0.717) is 4.88 Å². The molecular weight excluding hydrogens is 393 g/mol. The van der Waals surface area contributed by atoms with Crippen LogP contribution in [0.15, 0.2) is 30.3 Å². The number of hydrogen-bond acceptors (Lipinski definition) is 5. The zero-order chi connectivity index (χ0) is 20.5. The van der Waals surface area contributed by atoms with Crippen LogP contribution in [0.2, 0.25) is 0 Å². The summed E-state index contributed by atoms with van der Waals surface area (Å²) in [6.45, 7) is 3.62. The molecule has 29 heavy (non-hydrogen) atoms. The third-order valence-corrected chi connectivity index (χ3v) is 6.25. The predicted octanol–water partition coefficient (Wildman–Crippen LogP) is 2.21. The molecule has 0 atom stereocenters. The molecule has 1 aromatic carbocycles. The van der Waals surface area contributed by atoms with E-state index < -0.39 is 0 Å². The zero-order valence-electron chi connectivity index (χ0n) is 16.0. The van der Waals surface area contributed by atoms with Gasteiger partial charge in [0.05, 0.1) is 22.8 Å². The largest absolute Gasteiger partial charge is 0.369 e. The van der Waals surface area contributed by atoms with E-state index in [1.54, 1.807) is 16.8 Å². The van der Waals surface area contributed by atoms with Crippen molar-refractivity contribution in [2.45, 2.75) is 25.8 Å². The summed E-state index contributed by atoms with van der Waals surface area (Å²) in [6.07, 6.45) is 1.57. The van der Waals surface area contributed by atoms with Crippen LogP contribution < -0.4 is 11.1 Å². The van der Waals surface area contributed by atoms with Crippen molar-refractivity contribution in [2.24, 2.45) is 5.73 Å². The number of aryl methyl sites for hydroxylation is 1. The van der Waals surface area contributed by atoms with Crippen LogP contribution in [0.3, 0.4) is 0 Å². The summed E-state index contributed by atoms with van der Waals surface area (Å²) in [5.74, 6) is -0.741. The van der Waals surface area contributed by atoms with Crippen molar-refractivity contribution in [3.63, 3.8) is 0 Å². The highest BCUT2D eigenvalue weighted by atomic mass is 32.1. The van der Waals surface area contributed by atoms with Crippen LogP contribution in [0, 0.1) is 12.7 Å². The van der Waals surface area contributed by atoms with E-state index >= 15 is 0 Å². The number of nitrogens with two attached hydrogens (primary N) is 1. The van der Waals surface area contributed by atoms with Crippen LogP contribution in [0.4, 0.5) is 4.39 Å². The lowest BCUT2D eigenvalue weighted by atomic mass is 10.0. The summed E-state index contributed by atoms with van der Waals surface area (Å²) in [5, 5.41) is 8.54. The molecular formula is C20H22FN5O2S. The smallest absolute Gasteiger partial charge is 0.261 e. The standard InChI is InChI=1S/C20H22FN5O2S/c1-12-16-10-17(19(28)23-14-6-8-25(9-7-14)11-18(22)27)29-20(16)26(24-12)15-4-2-13(21)3-5-15/h2-5,10,14H,6-9,11H2,1H3,(H2,22,27)(H,23,28). The van der Waals surface area contributed by atoms with Crippen molar-refractivity contribution >= 4 is 33.4 Å². The van der Waals surface area contributed by atoms with Crippen LogP contribution in [0.25, 0.3) is 15.9 Å². The quantitative estimate of drug-likeness (QED) is 0.668. The lowest BCUT2D eigenvalue weighted by Gasteiger charge is -2.31. The fourth-order valence-electron chi connectivity index (χ4n) is 3.63. The lowest BCUT2D eigenvalue weighted by molar-refractivity contribution is -0.119. The van der Waals surface area contributed by atoms with Gasteiger partial charge in [-0.15, -0.1) is 11.3 Å². The molecule has 0 aliphatic carbocycles. The number of carbonyl (C=O) groups is 2. The number of carbonyl (C=O) groups excluding carboxylic acids is 2. The molecule has 3 aromatic rings. The van der Waals surface area contributed by atoms with E-state index in [1.165, 1.54) is 23.5 Å². The number of thiophene rings is 1. The number of aromatic nitrogens is 2. The van der Waals surface area contributed by atoms with Crippen LogP contribution in [0.1, 0.15) is 28.2 Å². The Labute approximate surface area is 171 Å². The molecule has 0 unspecified atom stereocenters. The zero-order valence-corrected chi connectivity index (χ0v) is 16.8. The van der Waals surface area contributed by atoms with Gasteiger partial charge in [-0.25, -0.2) is 9.07 Å². The Kier molecular flexibility index (Phi) is 5.33. The third-order valence-electron chi connectivity index (χ3n) is 5.14. The first-order valence-corrected chi connectivity index (χ1v) is 10.3. The number of rotatable bonds is 5. The molecule has 2 aromatic heterocycles. The highest BCUT2D eigenvalue weighted by Gasteiger charge is 2.23. The Bertz CT molecular complexity index is 1050. The first kappa shape index (κ1) is 19.5. The Hall–Kier alpha value is -2.78. The molecule has 3 heterocycles. The first-order chi connectivity index (χ1) is 13.9. The molecule has 7 nitrogen and oxygen atoms in total. The Morgan fingerprint density at radius 3 is 2.62 bits per heavy atom. The molecule has 0 spiro atoms. The number of nitrogens with zero attached hydrogens (tertiary/aromatic N) is 3. The predicted molar refractivity (Wildman–Crippen MR) is 110 cm³/mol. The van der Waals surface area contributed by atoms with Gasteiger partial charge in [0.15, 0.2) is 0 Å². The number of hydrogen-bond donors (Lipinski definition) is 2. The third kappa shape index (κ3) is 4.15. The maximum absolute atomic E-state index is 13.2. The molecule has 0 bridgehead atoms. The van der Waals surface area contributed by atoms with Gasteiger partial charge in [0.1, 0.15) is 10.6 Å². The molecule has 0 radical (unpaired) electrons. The van der Waals surface area contributed by atoms with E-state index in [2.05, 4.69) is 10.4 Å². The van der Waals surface area contributed by atoms with E-state index in [9.17, 15) is 14.0 Å². The maximum atomic E-state index is 13.2. The molecule has 1 saturated heterocycles. The first-order valence-electron chi connectivity index (χ1n) is 9.47. The Balaban J connectivity index is 1.48. The highest BCUT2D eigenvalue weighted by Crippen LogP contribution is 2.30. The number of halogens is 1. The van der Waals surface area contributed by atoms with Gasteiger partial charge in [0, 0.05) is 24.5 Å². The van der Waals surface area contributed by atoms with Crippen molar-refractivity contribution in [1.82, 2.24) is 20.0 Å². The Morgan fingerprint density at radius 1 is 1.28 bits per heavy atom. The normalized spacial score (nSPS) is 15.7. The fraction of sp³-hybridized carbons (Fsp3) is 0.350. The second kappa shape index (κ2) is 7.92. The molecule has 2 amide bonds. The minimum absolute atomic E-state index is 0.0755. The molecule has 4 rings (SSSR count). The minimum Gasteiger partial charge on any atom is -0.369 e. The van der Waals surface area contributed by atoms with E-state index in [-0.39, 0.29) is 30.2 Å². The van der Waals surface area contributed by atoms with E-state index in [1.807, 2.05) is 17.9 Å². The molecule has 1 aliphatic heterocycles. The average molecular weight is 415 g/mol. The van der Waals surface area contributed by atoms with Crippen molar-refractivity contribution in [1.29, 1.82) is 0 Å². The van der Waals surface area contributed by atoms with Gasteiger partial charge < -0.3 is 11.1 Å². The topological polar surface area (TPSA) is 93.2 Å². The van der Waals surface area contributed by atoms with E-state index in [0.717, 1.165) is 47.5 Å². The number of likely N-dealkylation sites (tertiary alicyclic amines) is 1. The number of piperidine rings is 1. The van der Waals surface area contributed by atoms with Gasteiger partial charge in [-0.05, 0) is 50.1 Å². The maximum Gasteiger partial charge on any atom is 0.261 e. The number of primary amides is 1. The molecule has 0 saturated carbocycles. The summed E-state index contributed by atoms with van der Waals surface area (Å²) in [6, 6.07) is 8.06. The number of amides is 2. The summed E-state index contributed by atoms with van der Waals surface area (Å²) >= 11 is 1.37. The molecule has 152 valence electrons.